The van der Waals surface area contributed by atoms with Crippen LogP contribution in [0.1, 0.15) is 49.2 Å². The molecule has 5 nitrogen and oxygen atoms in total. The van der Waals surface area contributed by atoms with Crippen molar-refractivity contribution in [1.29, 1.82) is 0 Å². The third-order valence-electron chi connectivity index (χ3n) is 5.83. The standard InChI is InChI=1S/C30H35FN2O3/c1-19(2)17-33(18-20(3)4)26-15-14-24(23-8-6-7-9-25(23)30(35)36)28(31)29(26)32-27(34)16-22-12-10-21(5)11-13-22/h6-15,19-20H,16-18H2,1-5H3,(H,32,34)(H,35,36). The largest absolute Gasteiger partial charge is 0.478 e. The minimum Gasteiger partial charge on any atom is -0.478 e. The topological polar surface area (TPSA) is 69.6 Å². The van der Waals surface area contributed by atoms with E-state index < -0.39 is 11.8 Å². The molecule has 0 heterocycles. The zero-order valence-corrected chi connectivity index (χ0v) is 21.6. The lowest BCUT2D eigenvalue weighted by atomic mass is 9.97. The molecule has 0 saturated carbocycles. The van der Waals surface area contributed by atoms with E-state index in [2.05, 4.69) is 37.9 Å². The van der Waals surface area contributed by atoms with Crippen molar-refractivity contribution in [2.45, 2.75) is 41.0 Å². The van der Waals surface area contributed by atoms with E-state index in [-0.39, 0.29) is 34.7 Å². The van der Waals surface area contributed by atoms with E-state index in [0.717, 1.165) is 11.1 Å². The molecular weight excluding hydrogens is 455 g/mol. The molecule has 0 aromatic heterocycles. The van der Waals surface area contributed by atoms with Crippen LogP contribution in [-0.4, -0.2) is 30.1 Å². The Morgan fingerprint density at radius 1 is 0.889 bits per heavy atom. The minimum absolute atomic E-state index is 0.00213. The number of benzene rings is 3. The number of carbonyl (C=O) groups excluding carboxylic acids is 1. The summed E-state index contributed by atoms with van der Waals surface area (Å²) in [5.74, 6) is -1.49. The molecule has 6 heteroatoms. The number of hydrogen-bond donors (Lipinski definition) is 2. The van der Waals surface area contributed by atoms with Crippen LogP contribution in [0.4, 0.5) is 15.8 Å². The molecule has 0 aliphatic heterocycles. The number of anilines is 2. The summed E-state index contributed by atoms with van der Waals surface area (Å²) in [6.45, 7) is 11.7. The third-order valence-corrected chi connectivity index (χ3v) is 5.83. The lowest BCUT2D eigenvalue weighted by molar-refractivity contribution is -0.115. The van der Waals surface area contributed by atoms with E-state index >= 15 is 4.39 Å². The van der Waals surface area contributed by atoms with E-state index in [1.165, 1.54) is 6.07 Å². The van der Waals surface area contributed by atoms with Gasteiger partial charge in [0.25, 0.3) is 0 Å². The van der Waals surface area contributed by atoms with E-state index in [1.54, 1.807) is 30.3 Å². The van der Waals surface area contributed by atoms with Crippen molar-refractivity contribution >= 4 is 23.3 Å². The quantitative estimate of drug-likeness (QED) is 0.328. The van der Waals surface area contributed by atoms with E-state index in [9.17, 15) is 14.7 Å². The second-order valence-corrected chi connectivity index (χ2v) is 10.1. The zero-order valence-electron chi connectivity index (χ0n) is 21.6. The minimum atomic E-state index is -1.14. The molecule has 0 saturated heterocycles. The van der Waals surface area contributed by atoms with Crippen molar-refractivity contribution in [3.63, 3.8) is 0 Å². The van der Waals surface area contributed by atoms with Crippen LogP contribution in [0.3, 0.4) is 0 Å². The van der Waals surface area contributed by atoms with Gasteiger partial charge in [0, 0.05) is 18.7 Å². The van der Waals surface area contributed by atoms with Crippen molar-refractivity contribution in [2.75, 3.05) is 23.3 Å². The van der Waals surface area contributed by atoms with E-state index in [0.29, 0.717) is 30.6 Å². The van der Waals surface area contributed by atoms with E-state index in [1.807, 2.05) is 31.2 Å². The Labute approximate surface area is 213 Å². The van der Waals surface area contributed by atoms with Gasteiger partial charge < -0.3 is 15.3 Å². The van der Waals surface area contributed by atoms with Crippen LogP contribution in [0.25, 0.3) is 11.1 Å². The van der Waals surface area contributed by atoms with Crippen LogP contribution in [0.15, 0.2) is 60.7 Å². The highest BCUT2D eigenvalue weighted by molar-refractivity contribution is 6.00. The monoisotopic (exact) mass is 490 g/mol. The average molecular weight is 491 g/mol. The first-order valence-corrected chi connectivity index (χ1v) is 12.3. The molecule has 3 aromatic rings. The number of rotatable bonds is 10. The van der Waals surface area contributed by atoms with Gasteiger partial charge >= 0.3 is 5.97 Å². The predicted molar refractivity (Wildman–Crippen MR) is 144 cm³/mol. The van der Waals surface area contributed by atoms with Crippen LogP contribution in [0, 0.1) is 24.6 Å². The molecule has 1 amide bonds. The molecule has 36 heavy (non-hydrogen) atoms. The molecular formula is C30H35FN2O3. The molecule has 2 N–H and O–H groups in total. The number of carbonyl (C=O) groups is 2. The maximum atomic E-state index is 16.2. The average Bonchev–Trinajstić information content (AvgIpc) is 2.81. The summed E-state index contributed by atoms with van der Waals surface area (Å²) < 4.78 is 16.2. The summed E-state index contributed by atoms with van der Waals surface area (Å²) in [4.78, 5) is 27.0. The van der Waals surface area contributed by atoms with Crippen LogP contribution in [-0.2, 0) is 11.2 Å². The highest BCUT2D eigenvalue weighted by atomic mass is 19.1. The highest BCUT2D eigenvalue weighted by Crippen LogP contribution is 2.37. The number of aryl methyl sites for hydroxylation is 1. The lowest BCUT2D eigenvalue weighted by Gasteiger charge is -2.31. The summed E-state index contributed by atoms with van der Waals surface area (Å²) in [5, 5.41) is 12.5. The summed E-state index contributed by atoms with van der Waals surface area (Å²) in [5.41, 5.74) is 2.99. The molecule has 0 atom stereocenters. The number of nitrogens with zero attached hydrogens (tertiary/aromatic N) is 1. The van der Waals surface area contributed by atoms with Crippen molar-refractivity contribution in [1.82, 2.24) is 0 Å². The number of halogens is 1. The van der Waals surface area contributed by atoms with Gasteiger partial charge in [-0.05, 0) is 48.1 Å². The van der Waals surface area contributed by atoms with Gasteiger partial charge in [0.2, 0.25) is 5.91 Å². The van der Waals surface area contributed by atoms with Crippen molar-refractivity contribution in [3.05, 3.63) is 83.2 Å². The molecule has 3 rings (SSSR count). The van der Waals surface area contributed by atoms with Crippen molar-refractivity contribution in [2.24, 2.45) is 11.8 Å². The Morgan fingerprint density at radius 2 is 1.50 bits per heavy atom. The molecule has 0 unspecified atom stereocenters. The molecule has 0 spiro atoms. The Hall–Kier alpha value is -3.67. The van der Waals surface area contributed by atoms with Crippen molar-refractivity contribution in [3.8, 4) is 11.1 Å². The van der Waals surface area contributed by atoms with Crippen molar-refractivity contribution < 1.29 is 19.1 Å². The third kappa shape index (κ3) is 6.72. The lowest BCUT2D eigenvalue weighted by Crippen LogP contribution is -2.32. The van der Waals surface area contributed by atoms with Crippen LogP contribution >= 0.6 is 0 Å². The summed E-state index contributed by atoms with van der Waals surface area (Å²) >= 11 is 0. The fourth-order valence-electron chi connectivity index (χ4n) is 4.29. The summed E-state index contributed by atoms with van der Waals surface area (Å²) in [6, 6.07) is 17.3. The molecule has 0 aliphatic rings. The Morgan fingerprint density at radius 3 is 2.08 bits per heavy atom. The Bertz CT molecular complexity index is 1210. The smallest absolute Gasteiger partial charge is 0.336 e. The van der Waals surface area contributed by atoms with Gasteiger partial charge in [0.05, 0.1) is 17.7 Å². The predicted octanol–water partition coefficient (Wildman–Crippen LogP) is 6.80. The number of nitrogens with one attached hydrogen (secondary N) is 1. The van der Waals surface area contributed by atoms with Gasteiger partial charge in [0.15, 0.2) is 5.82 Å². The summed E-state index contributed by atoms with van der Waals surface area (Å²) in [7, 11) is 0. The fraction of sp³-hybridized carbons (Fsp3) is 0.333. The zero-order chi connectivity index (χ0) is 26.4. The molecule has 0 bridgehead atoms. The van der Waals surface area contributed by atoms with Gasteiger partial charge in [-0.1, -0.05) is 75.7 Å². The first-order chi connectivity index (χ1) is 17.1. The number of aromatic carboxylic acids is 1. The van der Waals surface area contributed by atoms with Gasteiger partial charge in [-0.3, -0.25) is 4.79 Å². The second kappa shape index (κ2) is 11.8. The fourth-order valence-corrected chi connectivity index (χ4v) is 4.29. The molecule has 3 aromatic carbocycles. The number of amides is 1. The molecule has 0 fully saturated rings. The Kier molecular flexibility index (Phi) is 8.86. The highest BCUT2D eigenvalue weighted by Gasteiger charge is 2.24. The summed E-state index contributed by atoms with van der Waals surface area (Å²) in [6.07, 6.45) is 0.101. The van der Waals surface area contributed by atoms with Gasteiger partial charge in [-0.2, -0.15) is 0 Å². The van der Waals surface area contributed by atoms with E-state index in [4.69, 9.17) is 0 Å². The Balaban J connectivity index is 2.11. The molecule has 190 valence electrons. The number of hydrogen-bond acceptors (Lipinski definition) is 3. The van der Waals surface area contributed by atoms with Gasteiger partial charge in [-0.15, -0.1) is 0 Å². The van der Waals surface area contributed by atoms with Gasteiger partial charge in [0.1, 0.15) is 5.69 Å². The maximum Gasteiger partial charge on any atom is 0.336 e. The molecule has 0 radical (unpaired) electrons. The SMILES string of the molecule is Cc1ccc(CC(=O)Nc2c(N(CC(C)C)CC(C)C)ccc(-c3ccccc3C(=O)O)c2F)cc1. The van der Waals surface area contributed by atoms with Crippen LogP contribution < -0.4 is 10.2 Å². The van der Waals surface area contributed by atoms with Crippen LogP contribution in [0.5, 0.6) is 0 Å². The molecule has 0 aliphatic carbocycles. The van der Waals surface area contributed by atoms with Gasteiger partial charge in [-0.25, -0.2) is 9.18 Å². The van der Waals surface area contributed by atoms with Crippen LogP contribution in [0.2, 0.25) is 0 Å². The second-order valence-electron chi connectivity index (χ2n) is 10.1. The first kappa shape index (κ1) is 26.9. The number of carboxylic acids is 1. The first-order valence-electron chi connectivity index (χ1n) is 12.3. The maximum absolute atomic E-state index is 16.2. The number of carboxylic acid groups (broad SMARTS) is 1. The normalized spacial score (nSPS) is 11.1.